The Bertz CT molecular complexity index is 796. The minimum absolute atomic E-state index is 0.235. The summed E-state index contributed by atoms with van der Waals surface area (Å²) in [5, 5.41) is 15.0. The minimum Gasteiger partial charge on any atom is -0.321 e. The molecule has 0 aliphatic carbocycles. The van der Waals surface area contributed by atoms with Gasteiger partial charge >= 0.3 is 0 Å². The highest BCUT2D eigenvalue weighted by atomic mass is 16.2. The Hall–Kier alpha value is -2.83. The lowest BCUT2D eigenvalue weighted by atomic mass is 10.3. The molecule has 0 saturated carbocycles. The van der Waals surface area contributed by atoms with Crippen molar-refractivity contribution in [1.82, 2.24) is 24.8 Å². The highest BCUT2D eigenvalue weighted by molar-refractivity contribution is 6.03. The molecule has 0 aliphatic rings. The first-order chi connectivity index (χ1) is 10.2. The Labute approximate surface area is 121 Å². The van der Waals surface area contributed by atoms with Gasteiger partial charge in [0.05, 0.1) is 5.69 Å². The zero-order valence-electron chi connectivity index (χ0n) is 11.7. The molecule has 7 heteroatoms. The first kappa shape index (κ1) is 13.2. The second-order valence-corrected chi connectivity index (χ2v) is 4.55. The van der Waals surface area contributed by atoms with Crippen molar-refractivity contribution in [3.05, 3.63) is 47.5 Å². The molecular formula is C14H14N6O. The summed E-state index contributed by atoms with van der Waals surface area (Å²) in [4.78, 5) is 16.5. The van der Waals surface area contributed by atoms with Gasteiger partial charge in [-0.1, -0.05) is 25.1 Å². The lowest BCUT2D eigenvalue weighted by Gasteiger charge is -2.06. The molecule has 2 heterocycles. The van der Waals surface area contributed by atoms with Crippen molar-refractivity contribution < 1.29 is 4.79 Å². The molecule has 1 amide bonds. The first-order valence-corrected chi connectivity index (χ1v) is 6.64. The second kappa shape index (κ2) is 5.28. The third-order valence-corrected chi connectivity index (χ3v) is 3.10. The molecule has 0 saturated heterocycles. The fraction of sp³-hybridized carbons (Fsp3) is 0.214. The molecule has 7 nitrogen and oxygen atoms in total. The monoisotopic (exact) mass is 282 g/mol. The maximum atomic E-state index is 12.3. The molecule has 0 aliphatic heterocycles. The van der Waals surface area contributed by atoms with Crippen molar-refractivity contribution in [3.8, 4) is 0 Å². The number of aryl methyl sites for hydroxylation is 2. The number of nitrogens with zero attached hydrogens (tertiary/aromatic N) is 5. The average Bonchev–Trinajstić information content (AvgIpc) is 2.93. The topological polar surface area (TPSA) is 85.1 Å². The Balaban J connectivity index is 1.96. The molecular weight excluding hydrogens is 268 g/mol. The number of rotatable bonds is 3. The predicted octanol–water partition coefficient (Wildman–Crippen LogP) is 1.64. The van der Waals surface area contributed by atoms with Gasteiger partial charge in [0.2, 0.25) is 0 Å². The molecule has 0 fully saturated rings. The van der Waals surface area contributed by atoms with Gasteiger partial charge in [0.1, 0.15) is 0 Å². The summed E-state index contributed by atoms with van der Waals surface area (Å²) in [6.45, 7) is 3.73. The number of hydrogen-bond acceptors (Lipinski definition) is 5. The van der Waals surface area contributed by atoms with E-state index < -0.39 is 0 Å². The summed E-state index contributed by atoms with van der Waals surface area (Å²) in [6, 6.07) is 9.20. The number of fused-ring (bicyclic) bond motifs is 1. The summed E-state index contributed by atoms with van der Waals surface area (Å²) < 4.78 is 1.55. The number of carbonyl (C=O) groups is 1. The predicted molar refractivity (Wildman–Crippen MR) is 77.1 cm³/mol. The molecule has 21 heavy (non-hydrogen) atoms. The Morgan fingerprint density at radius 2 is 2.00 bits per heavy atom. The molecule has 3 aromatic rings. The van der Waals surface area contributed by atoms with Gasteiger partial charge in [-0.2, -0.15) is 9.50 Å². The number of nitrogens with one attached hydrogen (secondary N) is 1. The van der Waals surface area contributed by atoms with Crippen molar-refractivity contribution in [2.75, 3.05) is 5.32 Å². The Morgan fingerprint density at radius 1 is 1.24 bits per heavy atom. The van der Waals surface area contributed by atoms with E-state index in [0.29, 0.717) is 29.4 Å². The van der Waals surface area contributed by atoms with Crippen LogP contribution in [0.15, 0.2) is 30.3 Å². The lowest BCUT2D eigenvalue weighted by molar-refractivity contribution is 0.102. The fourth-order valence-electron chi connectivity index (χ4n) is 1.97. The molecule has 0 atom stereocenters. The third kappa shape index (κ3) is 2.45. The van der Waals surface area contributed by atoms with E-state index in [1.54, 1.807) is 11.4 Å². The van der Waals surface area contributed by atoms with E-state index in [2.05, 4.69) is 25.6 Å². The summed E-state index contributed by atoms with van der Waals surface area (Å²) in [5.41, 5.74) is 1.55. The maximum Gasteiger partial charge on any atom is 0.278 e. The molecule has 0 radical (unpaired) electrons. The molecule has 106 valence electrons. The van der Waals surface area contributed by atoms with Gasteiger partial charge < -0.3 is 5.32 Å². The van der Waals surface area contributed by atoms with E-state index in [0.717, 1.165) is 0 Å². The number of carbonyl (C=O) groups excluding carboxylic acids is 1. The summed E-state index contributed by atoms with van der Waals surface area (Å²) in [5.74, 6) is 0.760. The highest BCUT2D eigenvalue weighted by Crippen LogP contribution is 2.10. The van der Waals surface area contributed by atoms with Crippen LogP contribution in [0, 0.1) is 6.92 Å². The third-order valence-electron chi connectivity index (χ3n) is 3.10. The number of para-hydroxylation sites is 1. The zero-order valence-corrected chi connectivity index (χ0v) is 11.7. The van der Waals surface area contributed by atoms with Crippen molar-refractivity contribution in [2.24, 2.45) is 0 Å². The summed E-state index contributed by atoms with van der Waals surface area (Å²) >= 11 is 0. The van der Waals surface area contributed by atoms with Gasteiger partial charge in [-0.25, -0.2) is 0 Å². The number of anilines is 1. The van der Waals surface area contributed by atoms with Gasteiger partial charge in [-0.15, -0.1) is 15.3 Å². The zero-order chi connectivity index (χ0) is 14.8. The van der Waals surface area contributed by atoms with E-state index in [4.69, 9.17) is 0 Å². The molecule has 0 bridgehead atoms. The van der Waals surface area contributed by atoms with Gasteiger partial charge in [0.25, 0.3) is 11.7 Å². The number of amides is 1. The number of aromatic nitrogens is 5. The van der Waals surface area contributed by atoms with Gasteiger partial charge in [-0.3, -0.25) is 4.79 Å². The van der Waals surface area contributed by atoms with Crippen LogP contribution < -0.4 is 5.32 Å². The maximum absolute atomic E-state index is 12.3. The largest absolute Gasteiger partial charge is 0.321 e. The molecule has 3 rings (SSSR count). The second-order valence-electron chi connectivity index (χ2n) is 4.55. The van der Waals surface area contributed by atoms with Crippen molar-refractivity contribution >= 4 is 17.4 Å². The Morgan fingerprint density at radius 3 is 2.71 bits per heavy atom. The van der Waals surface area contributed by atoms with E-state index in [1.807, 2.05) is 37.3 Å². The van der Waals surface area contributed by atoms with Crippen LogP contribution in [0.3, 0.4) is 0 Å². The quantitative estimate of drug-likeness (QED) is 0.789. The normalized spacial score (nSPS) is 10.8. The van der Waals surface area contributed by atoms with Crippen molar-refractivity contribution in [3.63, 3.8) is 0 Å². The summed E-state index contributed by atoms with van der Waals surface area (Å²) in [7, 11) is 0. The number of benzene rings is 1. The summed E-state index contributed by atoms with van der Waals surface area (Å²) in [6.07, 6.45) is 0.703. The standard InChI is InChI=1S/C14H14N6O/c1-3-11-16-14-18-17-12(9(2)20(14)19-11)13(21)15-10-7-5-4-6-8-10/h4-8H,3H2,1-2H3,(H,15,21). The Kier molecular flexibility index (Phi) is 3.31. The fourth-order valence-corrected chi connectivity index (χ4v) is 1.97. The van der Waals surface area contributed by atoms with E-state index in [9.17, 15) is 4.79 Å². The molecule has 1 aromatic carbocycles. The van der Waals surface area contributed by atoms with Gasteiger partial charge in [0.15, 0.2) is 11.5 Å². The van der Waals surface area contributed by atoms with Crippen LogP contribution in [-0.4, -0.2) is 30.7 Å². The molecule has 2 aromatic heterocycles. The van der Waals surface area contributed by atoms with Gasteiger partial charge in [-0.05, 0) is 19.1 Å². The van der Waals surface area contributed by atoms with Crippen LogP contribution in [-0.2, 0) is 6.42 Å². The van der Waals surface area contributed by atoms with Gasteiger partial charge in [0, 0.05) is 12.1 Å². The van der Waals surface area contributed by atoms with E-state index >= 15 is 0 Å². The van der Waals surface area contributed by atoms with Crippen molar-refractivity contribution in [1.29, 1.82) is 0 Å². The lowest BCUT2D eigenvalue weighted by Crippen LogP contribution is -2.18. The van der Waals surface area contributed by atoms with Crippen molar-refractivity contribution in [2.45, 2.75) is 20.3 Å². The molecule has 1 N–H and O–H groups in total. The first-order valence-electron chi connectivity index (χ1n) is 6.64. The SMILES string of the molecule is CCc1nc2nnc(C(=O)Nc3ccccc3)c(C)n2n1. The molecule has 0 unspecified atom stereocenters. The van der Waals surface area contributed by atoms with E-state index in [1.165, 1.54) is 0 Å². The smallest absolute Gasteiger partial charge is 0.278 e. The average molecular weight is 282 g/mol. The minimum atomic E-state index is -0.318. The van der Waals surface area contributed by atoms with Crippen LogP contribution in [0.4, 0.5) is 5.69 Å². The van der Waals surface area contributed by atoms with Crippen LogP contribution in [0.1, 0.15) is 28.9 Å². The highest BCUT2D eigenvalue weighted by Gasteiger charge is 2.17. The van der Waals surface area contributed by atoms with Crippen LogP contribution in [0.2, 0.25) is 0 Å². The van der Waals surface area contributed by atoms with E-state index in [-0.39, 0.29) is 11.6 Å². The van der Waals surface area contributed by atoms with Crippen LogP contribution >= 0.6 is 0 Å². The number of hydrogen-bond donors (Lipinski definition) is 1. The molecule has 0 spiro atoms. The van der Waals surface area contributed by atoms with Crippen LogP contribution in [0.25, 0.3) is 5.78 Å². The van der Waals surface area contributed by atoms with Crippen LogP contribution in [0.5, 0.6) is 0 Å².